The Balaban J connectivity index is 4.54. The molecule has 0 atom stereocenters. The topological polar surface area (TPSA) is 53.0 Å². The molecule has 0 fully saturated rings. The Morgan fingerprint density at radius 1 is 1.27 bits per heavy atom. The van der Waals surface area contributed by atoms with Gasteiger partial charge in [-0.1, -0.05) is 18.5 Å². The zero-order valence-corrected chi connectivity index (χ0v) is 11.1. The summed E-state index contributed by atoms with van der Waals surface area (Å²) in [6.07, 6.45) is 0. The number of sulfonamides is 1. The van der Waals surface area contributed by atoms with E-state index in [0.717, 1.165) is 0 Å². The third kappa shape index (κ3) is 5.34. The fourth-order valence-corrected chi connectivity index (χ4v) is 2.26. The quantitative estimate of drug-likeness (QED) is 0.521. The van der Waals surface area contributed by atoms with Crippen LogP contribution in [0.25, 0.3) is 0 Å². The van der Waals surface area contributed by atoms with Gasteiger partial charge in [-0.25, -0.2) is 12.7 Å². The molecule has 7 heteroatoms. The fraction of sp³-hybridized carbons (Fsp3) is 0.875. The molecule has 0 saturated carbocycles. The van der Waals surface area contributed by atoms with Gasteiger partial charge in [-0.05, 0) is 6.92 Å². The van der Waals surface area contributed by atoms with Gasteiger partial charge in [0.1, 0.15) is 10.9 Å². The van der Waals surface area contributed by atoms with E-state index in [1.807, 2.05) is 6.92 Å². The van der Waals surface area contributed by atoms with Crippen molar-refractivity contribution in [2.75, 3.05) is 32.9 Å². The van der Waals surface area contributed by atoms with Gasteiger partial charge in [0.05, 0.1) is 0 Å². The molecular formula is C8H18ClN3O2S. The van der Waals surface area contributed by atoms with Gasteiger partial charge in [0.25, 0.3) is 0 Å². The molecule has 0 rings (SSSR count). The lowest BCUT2D eigenvalue weighted by Crippen LogP contribution is -2.31. The van der Waals surface area contributed by atoms with E-state index in [-0.39, 0.29) is 10.9 Å². The van der Waals surface area contributed by atoms with Crippen LogP contribution in [0, 0.1) is 0 Å². The molecule has 5 nitrogen and oxygen atoms in total. The van der Waals surface area contributed by atoms with Gasteiger partial charge in [0.2, 0.25) is 10.0 Å². The van der Waals surface area contributed by atoms with Gasteiger partial charge in [-0.15, -0.1) is 0 Å². The van der Waals surface area contributed by atoms with Crippen LogP contribution in [0.15, 0.2) is 5.10 Å². The van der Waals surface area contributed by atoms with Crippen molar-refractivity contribution in [3.8, 4) is 0 Å². The first kappa shape index (κ1) is 14.7. The molecule has 0 aliphatic heterocycles. The first-order chi connectivity index (χ1) is 6.83. The predicted octanol–water partition coefficient (Wildman–Crippen LogP) is 0.772. The van der Waals surface area contributed by atoms with E-state index >= 15 is 0 Å². The largest absolute Gasteiger partial charge is 0.299 e. The molecule has 0 bridgehead atoms. The van der Waals surface area contributed by atoms with Gasteiger partial charge >= 0.3 is 0 Å². The molecule has 90 valence electrons. The van der Waals surface area contributed by atoms with E-state index in [1.165, 1.54) is 11.4 Å². The number of rotatable bonds is 6. The highest BCUT2D eigenvalue weighted by Gasteiger charge is 2.18. The van der Waals surface area contributed by atoms with E-state index in [0.29, 0.717) is 13.1 Å². The molecule has 0 aromatic heterocycles. The third-order valence-corrected chi connectivity index (χ3v) is 4.17. The molecule has 0 radical (unpaired) electrons. The zero-order valence-electron chi connectivity index (χ0n) is 9.57. The van der Waals surface area contributed by atoms with E-state index in [9.17, 15) is 8.42 Å². The number of hydrogen-bond donors (Lipinski definition) is 0. The molecule has 0 saturated heterocycles. The minimum absolute atomic E-state index is 0.0830. The van der Waals surface area contributed by atoms with Crippen LogP contribution in [0.3, 0.4) is 0 Å². The Morgan fingerprint density at radius 2 is 1.80 bits per heavy atom. The van der Waals surface area contributed by atoms with E-state index in [1.54, 1.807) is 19.0 Å². The summed E-state index contributed by atoms with van der Waals surface area (Å²) in [6.45, 7) is 4.77. The molecule has 0 spiro atoms. The SMILES string of the molecule is CCN(C)/N=C(/Cl)CS(=O)(=O)N(C)CC. The van der Waals surface area contributed by atoms with Gasteiger partial charge in [-0.2, -0.15) is 5.10 Å². The Bertz CT molecular complexity index is 316. The van der Waals surface area contributed by atoms with Crippen LogP contribution in [0.4, 0.5) is 0 Å². The van der Waals surface area contributed by atoms with Gasteiger partial charge in [0.15, 0.2) is 0 Å². The predicted molar refractivity (Wildman–Crippen MR) is 63.7 cm³/mol. The second kappa shape index (κ2) is 6.30. The van der Waals surface area contributed by atoms with E-state index in [4.69, 9.17) is 11.6 Å². The highest BCUT2D eigenvalue weighted by atomic mass is 35.5. The molecular weight excluding hydrogens is 238 g/mol. The van der Waals surface area contributed by atoms with Crippen molar-refractivity contribution in [1.82, 2.24) is 9.31 Å². The monoisotopic (exact) mass is 255 g/mol. The summed E-state index contributed by atoms with van der Waals surface area (Å²) >= 11 is 5.74. The van der Waals surface area contributed by atoms with Crippen LogP contribution in [0.2, 0.25) is 0 Å². The summed E-state index contributed by atoms with van der Waals surface area (Å²) < 4.78 is 24.4. The van der Waals surface area contributed by atoms with Crippen molar-refractivity contribution >= 4 is 26.8 Å². The summed E-state index contributed by atoms with van der Waals surface area (Å²) in [6, 6.07) is 0. The Kier molecular flexibility index (Phi) is 6.16. The Hall–Kier alpha value is -0.330. The molecule has 0 aliphatic rings. The summed E-state index contributed by atoms with van der Waals surface area (Å²) in [5, 5.41) is 5.58. The normalized spacial score (nSPS) is 13.3. The minimum atomic E-state index is -3.32. The van der Waals surface area contributed by atoms with Crippen LogP contribution in [0.5, 0.6) is 0 Å². The van der Waals surface area contributed by atoms with Crippen molar-refractivity contribution in [1.29, 1.82) is 0 Å². The Labute approximate surface area is 96.7 Å². The van der Waals surface area contributed by atoms with Gasteiger partial charge < -0.3 is 0 Å². The van der Waals surface area contributed by atoms with Gasteiger partial charge in [0, 0.05) is 27.2 Å². The van der Waals surface area contributed by atoms with Crippen molar-refractivity contribution < 1.29 is 8.42 Å². The van der Waals surface area contributed by atoms with E-state index < -0.39 is 10.0 Å². The molecule has 0 unspecified atom stereocenters. The van der Waals surface area contributed by atoms with Crippen LogP contribution in [0.1, 0.15) is 13.8 Å². The number of hydrogen-bond acceptors (Lipinski definition) is 4. The average Bonchev–Trinajstić information content (AvgIpc) is 2.15. The van der Waals surface area contributed by atoms with Crippen molar-refractivity contribution in [2.24, 2.45) is 5.10 Å². The zero-order chi connectivity index (χ0) is 12.1. The standard InChI is InChI=1S/C8H18ClN3O2S/c1-5-11(3)10-8(9)7-15(13,14)12(4)6-2/h5-7H2,1-4H3/b10-8+. The van der Waals surface area contributed by atoms with Crippen LogP contribution < -0.4 is 0 Å². The van der Waals surface area contributed by atoms with Crippen LogP contribution in [-0.4, -0.2) is 55.8 Å². The number of halogens is 1. The molecule has 0 N–H and O–H groups in total. The lowest BCUT2D eigenvalue weighted by molar-refractivity contribution is 0.376. The molecule has 0 heterocycles. The molecule has 15 heavy (non-hydrogen) atoms. The third-order valence-electron chi connectivity index (χ3n) is 1.96. The summed E-state index contributed by atoms with van der Waals surface area (Å²) in [5.41, 5.74) is 0. The second-order valence-electron chi connectivity index (χ2n) is 3.12. The summed E-state index contributed by atoms with van der Waals surface area (Å²) in [7, 11) is -0.0679. The second-order valence-corrected chi connectivity index (χ2v) is 5.63. The average molecular weight is 256 g/mol. The molecule has 0 aliphatic carbocycles. The molecule has 0 aromatic rings. The maximum atomic E-state index is 11.6. The van der Waals surface area contributed by atoms with Crippen molar-refractivity contribution in [3.05, 3.63) is 0 Å². The number of nitrogens with zero attached hydrogens (tertiary/aromatic N) is 3. The van der Waals surface area contributed by atoms with E-state index in [2.05, 4.69) is 5.10 Å². The highest BCUT2D eigenvalue weighted by Crippen LogP contribution is 2.02. The van der Waals surface area contributed by atoms with Crippen molar-refractivity contribution in [3.63, 3.8) is 0 Å². The van der Waals surface area contributed by atoms with Crippen molar-refractivity contribution in [2.45, 2.75) is 13.8 Å². The first-order valence-electron chi connectivity index (χ1n) is 4.71. The lowest BCUT2D eigenvalue weighted by atomic mass is 10.7. The number of hydrazone groups is 1. The highest BCUT2D eigenvalue weighted by molar-refractivity contribution is 7.90. The summed E-state index contributed by atoms with van der Waals surface area (Å²) in [5.74, 6) is -0.247. The summed E-state index contributed by atoms with van der Waals surface area (Å²) in [4.78, 5) is 0. The molecule has 0 amide bonds. The fourth-order valence-electron chi connectivity index (χ4n) is 0.742. The van der Waals surface area contributed by atoms with Crippen LogP contribution >= 0.6 is 11.6 Å². The smallest absolute Gasteiger partial charge is 0.220 e. The van der Waals surface area contributed by atoms with Gasteiger partial charge in [-0.3, -0.25) is 5.01 Å². The lowest BCUT2D eigenvalue weighted by Gasteiger charge is -2.15. The Morgan fingerprint density at radius 3 is 2.20 bits per heavy atom. The van der Waals surface area contributed by atoms with Crippen LogP contribution in [-0.2, 0) is 10.0 Å². The maximum absolute atomic E-state index is 11.6. The minimum Gasteiger partial charge on any atom is -0.299 e. The maximum Gasteiger partial charge on any atom is 0.220 e. The first-order valence-corrected chi connectivity index (χ1v) is 6.70. The molecule has 0 aromatic carbocycles.